The van der Waals surface area contributed by atoms with Crippen LogP contribution >= 0.6 is 0 Å². The van der Waals surface area contributed by atoms with Crippen LogP contribution in [0.15, 0.2) is 59.5 Å². The van der Waals surface area contributed by atoms with E-state index in [-0.39, 0.29) is 10.5 Å². The molecule has 1 saturated heterocycles. The summed E-state index contributed by atoms with van der Waals surface area (Å²) in [6.45, 7) is 6.49. The zero-order valence-corrected chi connectivity index (χ0v) is 20.3. The van der Waals surface area contributed by atoms with Crippen molar-refractivity contribution < 1.29 is 18.0 Å². The molecular formula is C25H28N4O4S. The van der Waals surface area contributed by atoms with E-state index in [1.165, 1.54) is 28.6 Å². The number of aromatic nitrogens is 2. The molecule has 4 rings (SSSR count). The minimum absolute atomic E-state index is 0.168. The third-order valence-electron chi connectivity index (χ3n) is 6.10. The number of benzene rings is 2. The Bertz CT molecular complexity index is 1310. The highest BCUT2D eigenvalue weighted by atomic mass is 32.2. The Morgan fingerprint density at radius 2 is 1.71 bits per heavy atom. The molecule has 2 aromatic carbocycles. The van der Waals surface area contributed by atoms with Gasteiger partial charge in [0.15, 0.2) is 0 Å². The molecule has 1 aliphatic rings. The van der Waals surface area contributed by atoms with Crippen LogP contribution in [0.2, 0.25) is 0 Å². The van der Waals surface area contributed by atoms with E-state index in [0.717, 1.165) is 18.5 Å². The number of carbonyl (C=O) groups is 2. The van der Waals surface area contributed by atoms with Gasteiger partial charge in [0.05, 0.1) is 27.5 Å². The van der Waals surface area contributed by atoms with Crippen LogP contribution in [0.4, 0.5) is 5.69 Å². The number of sulfonamides is 1. The first-order valence-electron chi connectivity index (χ1n) is 11.3. The van der Waals surface area contributed by atoms with E-state index in [9.17, 15) is 18.0 Å². The largest absolute Gasteiger partial charge is 0.319 e. The molecule has 2 heterocycles. The summed E-state index contributed by atoms with van der Waals surface area (Å²) < 4.78 is 29.0. The van der Waals surface area contributed by atoms with Crippen LogP contribution in [0.3, 0.4) is 0 Å². The number of anilines is 1. The Morgan fingerprint density at radius 3 is 2.35 bits per heavy atom. The summed E-state index contributed by atoms with van der Waals surface area (Å²) in [6, 6.07) is 15.3. The minimum Gasteiger partial charge on any atom is -0.319 e. The van der Waals surface area contributed by atoms with Gasteiger partial charge in [-0.25, -0.2) is 13.1 Å². The van der Waals surface area contributed by atoms with Crippen molar-refractivity contribution in [3.63, 3.8) is 0 Å². The Labute approximate surface area is 199 Å². The Morgan fingerprint density at radius 1 is 1.03 bits per heavy atom. The summed E-state index contributed by atoms with van der Waals surface area (Å²) in [5, 5.41) is 7.00. The molecule has 0 bridgehead atoms. The Hall–Kier alpha value is -3.30. The highest BCUT2D eigenvalue weighted by Gasteiger charge is 2.29. The summed E-state index contributed by atoms with van der Waals surface area (Å²) >= 11 is 0. The molecule has 1 fully saturated rings. The molecule has 3 aromatic rings. The minimum atomic E-state index is -3.59. The zero-order valence-electron chi connectivity index (χ0n) is 19.5. The molecule has 0 saturated carbocycles. The summed E-state index contributed by atoms with van der Waals surface area (Å²) in [5.74, 6) is -1.18. The number of nitrogens with one attached hydrogen (secondary N) is 1. The highest BCUT2D eigenvalue weighted by Crippen LogP contribution is 2.25. The van der Waals surface area contributed by atoms with Crippen molar-refractivity contribution in [2.75, 3.05) is 18.4 Å². The van der Waals surface area contributed by atoms with Gasteiger partial charge in [-0.3, -0.25) is 9.59 Å². The summed E-state index contributed by atoms with van der Waals surface area (Å²) in [4.78, 5) is 25.8. The summed E-state index contributed by atoms with van der Waals surface area (Å²) in [6.07, 6.45) is 1.87. The molecule has 1 atom stereocenters. The number of amides is 1. The molecule has 178 valence electrons. The average Bonchev–Trinajstić information content (AvgIpc) is 3.13. The fourth-order valence-corrected chi connectivity index (χ4v) is 5.92. The van der Waals surface area contributed by atoms with Gasteiger partial charge in [0.2, 0.25) is 10.0 Å². The van der Waals surface area contributed by atoms with Crippen LogP contribution in [-0.4, -0.2) is 47.3 Å². The van der Waals surface area contributed by atoms with Crippen molar-refractivity contribution in [3.05, 3.63) is 71.5 Å². The maximum absolute atomic E-state index is 12.9. The molecule has 1 aromatic heterocycles. The molecule has 34 heavy (non-hydrogen) atoms. The van der Waals surface area contributed by atoms with E-state index in [1.54, 1.807) is 18.5 Å². The first kappa shape index (κ1) is 23.8. The number of Topliss-reactive ketones (excluding diaryl/α,β-unsaturated/α-hetero) is 1. The topological polar surface area (TPSA) is 101 Å². The number of nitrogens with zero attached hydrogens (tertiary/aromatic N) is 3. The predicted molar refractivity (Wildman–Crippen MR) is 130 cm³/mol. The number of carbonyl (C=O) groups excluding carboxylic acids is 2. The Balaban J connectivity index is 1.49. The Kier molecular flexibility index (Phi) is 6.67. The molecule has 8 nitrogen and oxygen atoms in total. The quantitative estimate of drug-likeness (QED) is 0.428. The number of piperidine rings is 1. The van der Waals surface area contributed by atoms with Crippen LogP contribution in [0.1, 0.15) is 41.5 Å². The SMILES string of the molecule is Cc1nn(-c2ccccc2)c(C)c1C(=O)C(=O)Nc1ccc(S(=O)(=O)N2CCCC(C)C2)cc1. The maximum atomic E-state index is 12.9. The number of ketones is 1. The number of hydrogen-bond donors (Lipinski definition) is 1. The zero-order chi connectivity index (χ0) is 24.5. The van der Waals surface area contributed by atoms with Crippen LogP contribution in [0, 0.1) is 19.8 Å². The average molecular weight is 481 g/mol. The van der Waals surface area contributed by atoms with Gasteiger partial charge >= 0.3 is 0 Å². The van der Waals surface area contributed by atoms with Crippen molar-refractivity contribution in [1.29, 1.82) is 0 Å². The van der Waals surface area contributed by atoms with Crippen LogP contribution < -0.4 is 5.32 Å². The third-order valence-corrected chi connectivity index (χ3v) is 7.97. The standard InChI is InChI=1S/C25H28N4O4S/c1-17-8-7-15-28(16-17)34(32,33)22-13-11-20(12-14-22)26-25(31)24(30)23-18(2)27-29(19(23)3)21-9-5-4-6-10-21/h4-6,9-14,17H,7-8,15-16H2,1-3H3,(H,26,31). The van der Waals surface area contributed by atoms with Crippen molar-refractivity contribution in [2.24, 2.45) is 5.92 Å². The second-order valence-electron chi connectivity index (χ2n) is 8.71. The van der Waals surface area contributed by atoms with Gasteiger partial charge in [-0.1, -0.05) is 25.1 Å². The summed E-state index contributed by atoms with van der Waals surface area (Å²) in [5.41, 5.74) is 2.41. The molecule has 0 spiro atoms. The fraction of sp³-hybridized carbons (Fsp3) is 0.320. The van der Waals surface area contributed by atoms with Gasteiger partial charge in [-0.15, -0.1) is 0 Å². The second-order valence-corrected chi connectivity index (χ2v) is 10.6. The molecule has 9 heteroatoms. The lowest BCUT2D eigenvalue weighted by Gasteiger charge is -2.30. The van der Waals surface area contributed by atoms with Crippen molar-refractivity contribution in [1.82, 2.24) is 14.1 Å². The van der Waals surface area contributed by atoms with E-state index in [0.29, 0.717) is 36.1 Å². The lowest BCUT2D eigenvalue weighted by molar-refractivity contribution is -0.112. The molecule has 1 amide bonds. The predicted octanol–water partition coefficient (Wildman–Crippen LogP) is 3.73. The molecular weight excluding hydrogens is 452 g/mol. The van der Waals surface area contributed by atoms with E-state index in [1.807, 2.05) is 37.3 Å². The number of aryl methyl sites for hydroxylation is 1. The molecule has 1 unspecified atom stereocenters. The van der Waals surface area contributed by atoms with E-state index >= 15 is 0 Å². The van der Waals surface area contributed by atoms with Crippen molar-refractivity contribution in [3.8, 4) is 5.69 Å². The van der Waals surface area contributed by atoms with Gasteiger partial charge < -0.3 is 5.32 Å². The van der Waals surface area contributed by atoms with Crippen LogP contribution in [0.25, 0.3) is 5.69 Å². The molecule has 0 radical (unpaired) electrons. The second kappa shape index (κ2) is 9.52. The first-order chi connectivity index (χ1) is 16.2. The lowest BCUT2D eigenvalue weighted by Crippen LogP contribution is -2.39. The van der Waals surface area contributed by atoms with Gasteiger partial charge in [0.1, 0.15) is 0 Å². The smallest absolute Gasteiger partial charge is 0.296 e. The monoisotopic (exact) mass is 480 g/mol. The highest BCUT2D eigenvalue weighted by molar-refractivity contribution is 7.89. The normalized spacial score (nSPS) is 16.9. The van der Waals surface area contributed by atoms with Crippen LogP contribution in [0.5, 0.6) is 0 Å². The summed E-state index contributed by atoms with van der Waals surface area (Å²) in [7, 11) is -3.59. The van der Waals surface area contributed by atoms with Gasteiger partial charge in [0, 0.05) is 18.8 Å². The van der Waals surface area contributed by atoms with E-state index in [4.69, 9.17) is 0 Å². The first-order valence-corrected chi connectivity index (χ1v) is 12.7. The third kappa shape index (κ3) is 4.67. The van der Waals surface area contributed by atoms with E-state index in [2.05, 4.69) is 10.4 Å². The van der Waals surface area contributed by atoms with E-state index < -0.39 is 21.7 Å². The van der Waals surface area contributed by atoms with Crippen molar-refractivity contribution >= 4 is 27.4 Å². The van der Waals surface area contributed by atoms with Gasteiger partial charge in [-0.05, 0) is 69.0 Å². The van der Waals surface area contributed by atoms with Crippen LogP contribution in [-0.2, 0) is 14.8 Å². The lowest BCUT2D eigenvalue weighted by atomic mass is 10.0. The fourth-order valence-electron chi connectivity index (χ4n) is 4.32. The molecule has 0 aliphatic carbocycles. The number of para-hydroxylation sites is 1. The molecule has 1 aliphatic heterocycles. The molecule has 1 N–H and O–H groups in total. The number of hydrogen-bond acceptors (Lipinski definition) is 5. The van der Waals surface area contributed by atoms with Gasteiger partial charge in [0.25, 0.3) is 11.7 Å². The van der Waals surface area contributed by atoms with Gasteiger partial charge in [-0.2, -0.15) is 9.40 Å². The van der Waals surface area contributed by atoms with Crippen molar-refractivity contribution in [2.45, 2.75) is 38.5 Å². The maximum Gasteiger partial charge on any atom is 0.296 e. The number of rotatable bonds is 6.